The van der Waals surface area contributed by atoms with Gasteiger partial charge < -0.3 is 4.43 Å². The Balaban J connectivity index is 1.73. The van der Waals surface area contributed by atoms with Gasteiger partial charge in [-0.2, -0.15) is 4.58 Å². The Morgan fingerprint density at radius 1 is 0.926 bits per heavy atom. The number of rotatable bonds is 12. The Morgan fingerprint density at radius 2 is 1.52 bits per heavy atom. The zero-order valence-electron chi connectivity index (χ0n) is 18.3. The molecule has 3 heteroatoms. The number of nitrogens with zero attached hydrogens (tertiary/aromatic N) is 1. The average molecular weight is 389 g/mol. The first kappa shape index (κ1) is 22.2. The maximum Gasteiger partial charge on any atom is 0.316 e. The first-order chi connectivity index (χ1) is 13.0. The van der Waals surface area contributed by atoms with Gasteiger partial charge in [-0.15, -0.1) is 0 Å². The molecule has 0 aliphatic carbocycles. The maximum atomic E-state index is 6.14. The average Bonchev–Trinajstić information content (AvgIpc) is 2.66. The largest absolute Gasteiger partial charge is 0.504 e. The second-order valence-corrected chi connectivity index (χ2v) is 13.4. The highest BCUT2D eigenvalue weighted by molar-refractivity contribution is 6.73. The third-order valence-corrected chi connectivity index (χ3v) is 9.51. The third-order valence-electron chi connectivity index (χ3n) is 6.24. The predicted molar refractivity (Wildman–Crippen MR) is 121 cm³/mol. The number of hydrogen-bond acceptors (Lipinski definition) is 1. The van der Waals surface area contributed by atoms with Crippen LogP contribution in [0.15, 0.2) is 24.3 Å². The highest BCUT2D eigenvalue weighted by Crippen LogP contribution is 2.30. The van der Waals surface area contributed by atoms with Gasteiger partial charge in [-0.05, 0) is 25.9 Å². The molecule has 1 aliphatic rings. The van der Waals surface area contributed by atoms with Crippen molar-refractivity contribution in [3.05, 3.63) is 29.8 Å². The van der Waals surface area contributed by atoms with E-state index in [2.05, 4.69) is 55.8 Å². The molecule has 0 spiro atoms. The van der Waals surface area contributed by atoms with E-state index in [4.69, 9.17) is 4.43 Å². The fourth-order valence-corrected chi connectivity index (χ4v) is 5.10. The van der Waals surface area contributed by atoms with Crippen LogP contribution in [0, 0.1) is 0 Å². The molecule has 27 heavy (non-hydrogen) atoms. The summed E-state index contributed by atoms with van der Waals surface area (Å²) in [6, 6.07) is 8.91. The Bertz CT molecular complexity index is 581. The molecular weight excluding hydrogens is 346 g/mol. The van der Waals surface area contributed by atoms with Crippen LogP contribution < -0.4 is 0 Å². The van der Waals surface area contributed by atoms with E-state index in [1.54, 1.807) is 0 Å². The zero-order chi connectivity index (χ0) is 19.5. The van der Waals surface area contributed by atoms with E-state index < -0.39 is 8.32 Å². The van der Waals surface area contributed by atoms with Gasteiger partial charge in [0, 0.05) is 17.2 Å². The van der Waals surface area contributed by atoms with Crippen molar-refractivity contribution in [2.24, 2.45) is 0 Å². The summed E-state index contributed by atoms with van der Waals surface area (Å²) in [7, 11) is -1.54. The van der Waals surface area contributed by atoms with Crippen molar-refractivity contribution < 1.29 is 9.00 Å². The number of hydrogen-bond donors (Lipinski definition) is 0. The highest BCUT2D eigenvalue weighted by atomic mass is 28.4. The fraction of sp³-hybridized carbons (Fsp3) is 0.708. The van der Waals surface area contributed by atoms with Crippen LogP contribution in [0.25, 0.3) is 0 Å². The molecule has 0 amide bonds. The Labute approximate surface area is 169 Å². The molecule has 1 unspecified atom stereocenters. The van der Waals surface area contributed by atoms with E-state index >= 15 is 0 Å². The van der Waals surface area contributed by atoms with Gasteiger partial charge in [-0.1, -0.05) is 89.8 Å². The van der Waals surface area contributed by atoms with Crippen LogP contribution in [0.4, 0.5) is 5.69 Å². The fourth-order valence-electron chi connectivity index (χ4n) is 3.83. The van der Waals surface area contributed by atoms with Crippen molar-refractivity contribution in [2.75, 3.05) is 6.54 Å². The van der Waals surface area contributed by atoms with Crippen molar-refractivity contribution in [3.63, 3.8) is 0 Å². The summed E-state index contributed by atoms with van der Waals surface area (Å²) in [5.74, 6) is 0. The van der Waals surface area contributed by atoms with Crippen LogP contribution in [0.2, 0.25) is 18.6 Å². The lowest BCUT2D eigenvalue weighted by Gasteiger charge is -2.29. The van der Waals surface area contributed by atoms with Gasteiger partial charge in [-0.3, -0.25) is 0 Å². The lowest BCUT2D eigenvalue weighted by Crippen LogP contribution is -2.43. The Morgan fingerprint density at radius 3 is 2.15 bits per heavy atom. The number of unbranched alkanes of at least 4 members (excludes halogenated alkanes) is 9. The van der Waals surface area contributed by atoms with Crippen LogP contribution in [-0.2, 0) is 10.8 Å². The first-order valence-corrected chi connectivity index (χ1v) is 14.4. The van der Waals surface area contributed by atoms with Crippen molar-refractivity contribution in [3.8, 4) is 0 Å². The molecule has 0 bridgehead atoms. The molecule has 1 aromatic rings. The number of para-hydroxylation sites is 1. The third kappa shape index (κ3) is 7.44. The van der Waals surface area contributed by atoms with Crippen LogP contribution in [0.5, 0.6) is 0 Å². The van der Waals surface area contributed by atoms with E-state index in [0.717, 1.165) is 6.54 Å². The van der Waals surface area contributed by atoms with Gasteiger partial charge >= 0.3 is 6.40 Å². The molecule has 1 aliphatic heterocycles. The SMILES string of the molecule is CCCCCCCCCCCCc1ccccc1[N+]1=CO[Si](C)(C)C(C)C1. The molecule has 1 heterocycles. The van der Waals surface area contributed by atoms with Crippen molar-refractivity contribution in [2.45, 2.75) is 103 Å². The number of benzene rings is 1. The predicted octanol–water partition coefficient (Wildman–Crippen LogP) is 7.45. The summed E-state index contributed by atoms with van der Waals surface area (Å²) >= 11 is 0. The minimum Gasteiger partial charge on any atom is -0.504 e. The standard InChI is InChI=1S/C24H42NOSi/c1-5-6-7-8-9-10-11-12-13-14-17-23-18-15-16-19-24(23)25-20-22(2)27(3,4)26-21-25/h15-16,18-19,21-22H,5-14,17,20H2,1-4H3/q+1. The molecule has 1 atom stereocenters. The van der Waals surface area contributed by atoms with Crippen molar-refractivity contribution in [1.29, 1.82) is 0 Å². The molecule has 2 nitrogen and oxygen atoms in total. The summed E-state index contributed by atoms with van der Waals surface area (Å²) in [6.07, 6.45) is 17.2. The number of aryl methyl sites for hydroxylation is 1. The second-order valence-electron chi connectivity index (χ2n) is 8.94. The molecule has 2 rings (SSSR count). The van der Waals surface area contributed by atoms with Gasteiger partial charge in [0.1, 0.15) is 0 Å². The van der Waals surface area contributed by atoms with Gasteiger partial charge in [0.2, 0.25) is 5.69 Å². The van der Waals surface area contributed by atoms with Gasteiger partial charge in [-0.25, -0.2) is 0 Å². The van der Waals surface area contributed by atoms with Crippen LogP contribution in [0.1, 0.15) is 83.6 Å². The summed E-state index contributed by atoms with van der Waals surface area (Å²) in [4.78, 5) is 0. The highest BCUT2D eigenvalue weighted by Gasteiger charge is 2.39. The molecule has 0 saturated carbocycles. The van der Waals surface area contributed by atoms with E-state index in [1.165, 1.54) is 81.9 Å². The minimum absolute atomic E-state index is 0.646. The normalized spacial score (nSPS) is 18.8. The molecule has 0 saturated heterocycles. The minimum atomic E-state index is -1.54. The Hall–Kier alpha value is -1.09. The van der Waals surface area contributed by atoms with Gasteiger partial charge in [0.05, 0.1) is 0 Å². The lowest BCUT2D eigenvalue weighted by atomic mass is 10.0. The second kappa shape index (κ2) is 11.7. The van der Waals surface area contributed by atoms with E-state index in [9.17, 15) is 0 Å². The molecule has 0 aromatic heterocycles. The van der Waals surface area contributed by atoms with Crippen LogP contribution in [0.3, 0.4) is 0 Å². The van der Waals surface area contributed by atoms with Crippen molar-refractivity contribution >= 4 is 20.4 Å². The van der Waals surface area contributed by atoms with Crippen LogP contribution in [-0.4, -0.2) is 25.8 Å². The summed E-state index contributed by atoms with van der Waals surface area (Å²) in [5.41, 5.74) is 3.48. The quantitative estimate of drug-likeness (QED) is 0.206. The zero-order valence-corrected chi connectivity index (χ0v) is 19.3. The summed E-state index contributed by atoms with van der Waals surface area (Å²) in [6.45, 7) is 10.4. The van der Waals surface area contributed by atoms with E-state index in [-0.39, 0.29) is 0 Å². The summed E-state index contributed by atoms with van der Waals surface area (Å²) in [5, 5.41) is 0. The van der Waals surface area contributed by atoms with Crippen LogP contribution >= 0.6 is 0 Å². The van der Waals surface area contributed by atoms with Crippen molar-refractivity contribution in [1.82, 2.24) is 0 Å². The topological polar surface area (TPSA) is 12.2 Å². The maximum absolute atomic E-state index is 6.14. The van der Waals surface area contributed by atoms with Gasteiger partial charge in [0.15, 0.2) is 6.54 Å². The molecule has 0 N–H and O–H groups in total. The first-order valence-electron chi connectivity index (χ1n) is 11.4. The molecule has 0 radical (unpaired) electrons. The molecule has 152 valence electrons. The lowest BCUT2D eigenvalue weighted by molar-refractivity contribution is -0.448. The van der Waals surface area contributed by atoms with Gasteiger partial charge in [0.25, 0.3) is 8.32 Å². The van der Waals surface area contributed by atoms with E-state index in [1.807, 2.05) is 6.40 Å². The molecule has 0 fully saturated rings. The summed E-state index contributed by atoms with van der Waals surface area (Å²) < 4.78 is 8.49. The van der Waals surface area contributed by atoms with E-state index in [0.29, 0.717) is 5.54 Å². The molecular formula is C24H42NOSi+. The Kier molecular flexibility index (Phi) is 9.61. The smallest absolute Gasteiger partial charge is 0.316 e. The molecule has 1 aromatic carbocycles. The monoisotopic (exact) mass is 388 g/mol.